The maximum absolute atomic E-state index is 13.1. The molecule has 0 aromatic heterocycles. The monoisotopic (exact) mass is 441 g/mol. The fraction of sp³-hybridized carbons (Fsp3) is 0.348. The Morgan fingerprint density at radius 1 is 0.969 bits per heavy atom. The van der Waals surface area contributed by atoms with Crippen LogP contribution in [0.4, 0.5) is 0 Å². The lowest BCUT2D eigenvalue weighted by molar-refractivity contribution is -0.138. The van der Waals surface area contributed by atoms with Crippen LogP contribution < -0.4 is 16.4 Å². The van der Waals surface area contributed by atoms with Gasteiger partial charge in [0.05, 0.1) is 18.2 Å². The van der Waals surface area contributed by atoms with Crippen LogP contribution in [-0.2, 0) is 27.2 Å². The van der Waals surface area contributed by atoms with Crippen LogP contribution in [0.1, 0.15) is 17.5 Å². The number of aliphatic hydroxyl groups is 1. The molecule has 32 heavy (non-hydrogen) atoms. The Balaban J connectivity index is 1.74. The van der Waals surface area contributed by atoms with Gasteiger partial charge in [-0.05, 0) is 54.7 Å². The highest BCUT2D eigenvalue weighted by atomic mass is 16.3. The molecule has 0 radical (unpaired) electrons. The number of aliphatic hydroxyl groups excluding tert-OH is 1. The predicted molar refractivity (Wildman–Crippen MR) is 116 cm³/mol. The summed E-state index contributed by atoms with van der Waals surface area (Å²) in [5.74, 6) is -2.99. The third-order valence-corrected chi connectivity index (χ3v) is 5.46. The summed E-state index contributed by atoms with van der Waals surface area (Å²) < 4.78 is 0. The SMILES string of the molecule is N[C@@H](Cc1ccc(O)cc1)C(=O)[C@@H](Cc1ccc(O)cc1)C(=O)NC(=O)[C@@H]1C[C@@H](O)CN1. The number of phenolic OH excluding ortho intramolecular Hbond substituents is 2. The van der Waals surface area contributed by atoms with Crippen molar-refractivity contribution in [2.75, 3.05) is 6.54 Å². The first-order chi connectivity index (χ1) is 15.2. The molecular weight excluding hydrogens is 414 g/mol. The minimum atomic E-state index is -1.22. The van der Waals surface area contributed by atoms with Gasteiger partial charge < -0.3 is 26.4 Å². The van der Waals surface area contributed by atoms with Gasteiger partial charge in [0.2, 0.25) is 11.8 Å². The van der Waals surface area contributed by atoms with Gasteiger partial charge in [0.25, 0.3) is 0 Å². The second-order valence-corrected chi connectivity index (χ2v) is 8.01. The zero-order valence-electron chi connectivity index (χ0n) is 17.4. The van der Waals surface area contributed by atoms with E-state index in [-0.39, 0.29) is 37.3 Å². The fourth-order valence-electron chi connectivity index (χ4n) is 3.65. The van der Waals surface area contributed by atoms with Crippen molar-refractivity contribution in [1.82, 2.24) is 10.6 Å². The molecular formula is C23H27N3O6. The van der Waals surface area contributed by atoms with E-state index in [1.165, 1.54) is 24.3 Å². The van der Waals surface area contributed by atoms with Gasteiger partial charge in [-0.3, -0.25) is 19.7 Å². The Morgan fingerprint density at radius 2 is 1.50 bits per heavy atom. The molecule has 1 saturated heterocycles. The topological polar surface area (TPSA) is 162 Å². The van der Waals surface area contributed by atoms with Gasteiger partial charge in [0.15, 0.2) is 5.78 Å². The Morgan fingerprint density at radius 3 is 2.00 bits per heavy atom. The fourth-order valence-corrected chi connectivity index (χ4v) is 3.65. The molecule has 1 aliphatic heterocycles. The van der Waals surface area contributed by atoms with Crippen molar-refractivity contribution in [2.24, 2.45) is 11.7 Å². The number of β-amino-alcohol motifs (C(OH)–C–C–N with tert-alkyl or cyclic N) is 1. The summed E-state index contributed by atoms with van der Waals surface area (Å²) in [6.07, 6.45) is -0.338. The van der Waals surface area contributed by atoms with E-state index in [1.807, 2.05) is 0 Å². The summed E-state index contributed by atoms with van der Waals surface area (Å²) in [5, 5.41) is 33.6. The van der Waals surface area contributed by atoms with Crippen LogP contribution in [0, 0.1) is 5.92 Å². The van der Waals surface area contributed by atoms with Crippen molar-refractivity contribution in [3.63, 3.8) is 0 Å². The second-order valence-electron chi connectivity index (χ2n) is 8.01. The number of imide groups is 1. The summed E-state index contributed by atoms with van der Waals surface area (Å²) in [6.45, 7) is 0.250. The molecule has 2 amide bonds. The lowest BCUT2D eigenvalue weighted by Crippen LogP contribution is -2.50. The van der Waals surface area contributed by atoms with E-state index in [0.717, 1.165) is 0 Å². The quantitative estimate of drug-likeness (QED) is 0.306. The van der Waals surface area contributed by atoms with Gasteiger partial charge in [0.1, 0.15) is 17.4 Å². The molecule has 0 spiro atoms. The Labute approximate surface area is 185 Å². The molecule has 1 fully saturated rings. The first kappa shape index (κ1) is 23.4. The second kappa shape index (κ2) is 10.4. The molecule has 2 aromatic rings. The Kier molecular flexibility index (Phi) is 7.57. The number of amides is 2. The molecule has 7 N–H and O–H groups in total. The third-order valence-electron chi connectivity index (χ3n) is 5.46. The van der Waals surface area contributed by atoms with Crippen LogP contribution in [0.2, 0.25) is 0 Å². The smallest absolute Gasteiger partial charge is 0.243 e. The van der Waals surface area contributed by atoms with Crippen LogP contribution >= 0.6 is 0 Å². The third kappa shape index (κ3) is 6.13. The van der Waals surface area contributed by atoms with Crippen molar-refractivity contribution in [3.05, 3.63) is 59.7 Å². The highest BCUT2D eigenvalue weighted by Crippen LogP contribution is 2.18. The van der Waals surface area contributed by atoms with Crippen LogP contribution in [0.3, 0.4) is 0 Å². The molecule has 9 heteroatoms. The van der Waals surface area contributed by atoms with Crippen LogP contribution in [-0.4, -0.2) is 57.6 Å². The Hall–Kier alpha value is -3.27. The summed E-state index contributed by atoms with van der Waals surface area (Å²) in [4.78, 5) is 38.5. The van der Waals surface area contributed by atoms with Crippen molar-refractivity contribution >= 4 is 17.6 Å². The minimum Gasteiger partial charge on any atom is -0.508 e. The van der Waals surface area contributed by atoms with Crippen molar-refractivity contribution in [3.8, 4) is 11.5 Å². The number of rotatable bonds is 8. The molecule has 3 rings (SSSR count). The number of nitrogens with two attached hydrogens (primary N) is 1. The van der Waals surface area contributed by atoms with Gasteiger partial charge in [0, 0.05) is 6.54 Å². The molecule has 0 saturated carbocycles. The number of ketones is 1. The lowest BCUT2D eigenvalue weighted by Gasteiger charge is -2.20. The number of hydrogen-bond donors (Lipinski definition) is 6. The molecule has 0 aliphatic carbocycles. The molecule has 1 heterocycles. The molecule has 1 aliphatic rings. The zero-order valence-corrected chi connectivity index (χ0v) is 17.4. The average Bonchev–Trinajstić information content (AvgIpc) is 3.21. The number of carbonyl (C=O) groups is 3. The molecule has 0 unspecified atom stereocenters. The molecule has 9 nitrogen and oxygen atoms in total. The summed E-state index contributed by atoms with van der Waals surface area (Å²) in [7, 11) is 0. The molecule has 2 aromatic carbocycles. The van der Waals surface area contributed by atoms with Crippen molar-refractivity contribution in [1.29, 1.82) is 0 Å². The van der Waals surface area contributed by atoms with Gasteiger partial charge in [-0.2, -0.15) is 0 Å². The number of aromatic hydroxyl groups is 2. The molecule has 0 bridgehead atoms. The maximum Gasteiger partial charge on any atom is 0.243 e. The van der Waals surface area contributed by atoms with Crippen molar-refractivity contribution < 1.29 is 29.7 Å². The van der Waals surface area contributed by atoms with Gasteiger partial charge in [-0.15, -0.1) is 0 Å². The summed E-state index contributed by atoms with van der Waals surface area (Å²) in [5.41, 5.74) is 7.45. The molecule has 4 atom stereocenters. The number of carbonyl (C=O) groups excluding carboxylic acids is 3. The largest absolute Gasteiger partial charge is 0.508 e. The van der Waals surface area contributed by atoms with Crippen LogP contribution in [0.25, 0.3) is 0 Å². The normalized spacial score (nSPS) is 19.8. The standard InChI is InChI=1S/C23H27N3O6/c24-19(10-14-3-7-16(28)8-4-14)21(30)18(9-13-1-5-15(27)6-2-13)22(31)26-23(32)20-11-17(29)12-25-20/h1-8,17-20,25,27-29H,9-12,24H2,(H,26,31,32)/t17-,18-,19+,20+/m1/s1. The van der Waals surface area contributed by atoms with E-state index in [4.69, 9.17) is 5.73 Å². The number of nitrogens with one attached hydrogen (secondary N) is 2. The van der Waals surface area contributed by atoms with E-state index < -0.39 is 41.7 Å². The van der Waals surface area contributed by atoms with E-state index in [1.54, 1.807) is 24.3 Å². The summed E-state index contributed by atoms with van der Waals surface area (Å²) in [6, 6.07) is 10.6. The average molecular weight is 441 g/mol. The van der Waals surface area contributed by atoms with Crippen molar-refractivity contribution in [2.45, 2.75) is 37.5 Å². The number of Topliss-reactive ketones (excluding diaryl/α,β-unsaturated/α-hetero) is 1. The molecule has 170 valence electrons. The Bertz CT molecular complexity index is 961. The lowest BCUT2D eigenvalue weighted by atomic mass is 9.88. The number of phenols is 2. The highest BCUT2D eigenvalue weighted by Gasteiger charge is 2.35. The minimum absolute atomic E-state index is 0.00221. The zero-order chi connectivity index (χ0) is 23.3. The first-order valence-electron chi connectivity index (χ1n) is 10.3. The van der Waals surface area contributed by atoms with Gasteiger partial charge >= 0.3 is 0 Å². The van der Waals surface area contributed by atoms with E-state index >= 15 is 0 Å². The van der Waals surface area contributed by atoms with E-state index in [0.29, 0.717) is 11.1 Å². The van der Waals surface area contributed by atoms with Gasteiger partial charge in [-0.25, -0.2) is 0 Å². The van der Waals surface area contributed by atoms with Crippen LogP contribution in [0.15, 0.2) is 48.5 Å². The predicted octanol–water partition coefficient (Wildman–Crippen LogP) is -0.239. The number of benzene rings is 2. The van der Waals surface area contributed by atoms with Gasteiger partial charge in [-0.1, -0.05) is 24.3 Å². The maximum atomic E-state index is 13.1. The van der Waals surface area contributed by atoms with Crippen LogP contribution in [0.5, 0.6) is 11.5 Å². The first-order valence-corrected chi connectivity index (χ1v) is 10.3. The summed E-state index contributed by atoms with van der Waals surface area (Å²) >= 11 is 0. The van der Waals surface area contributed by atoms with E-state index in [9.17, 15) is 29.7 Å². The highest BCUT2D eigenvalue weighted by molar-refractivity contribution is 6.09. The number of hydrogen-bond acceptors (Lipinski definition) is 8. The van der Waals surface area contributed by atoms with E-state index in [2.05, 4.69) is 10.6 Å².